The van der Waals surface area contributed by atoms with Crippen LogP contribution in [0.15, 0.2) is 59.5 Å². The minimum Gasteiger partial charge on any atom is -0.462 e. The van der Waals surface area contributed by atoms with Crippen molar-refractivity contribution in [2.45, 2.75) is 18.7 Å². The lowest BCUT2D eigenvalue weighted by Crippen LogP contribution is -2.14. The van der Waals surface area contributed by atoms with Gasteiger partial charge in [-0.15, -0.1) is 0 Å². The van der Waals surface area contributed by atoms with E-state index in [-0.39, 0.29) is 16.6 Å². The standard InChI is InChI=1S/C20H19N3O5S2/c1-3-28-19(25)17-13(2)21-20(29-17)22-18(24)14-9-11-15(12-10-14)23-30(26,27)16-7-5-4-6-8-16/h4-12,23H,3H2,1-2H3,(H,21,22,24). The molecule has 0 saturated carbocycles. The van der Waals surface area contributed by atoms with Crippen LogP contribution in [0, 0.1) is 6.92 Å². The van der Waals surface area contributed by atoms with Crippen LogP contribution in [0.5, 0.6) is 0 Å². The van der Waals surface area contributed by atoms with Crippen molar-refractivity contribution in [3.8, 4) is 0 Å². The highest BCUT2D eigenvalue weighted by atomic mass is 32.2. The van der Waals surface area contributed by atoms with E-state index in [1.54, 1.807) is 32.0 Å². The Labute approximate surface area is 178 Å². The lowest BCUT2D eigenvalue weighted by atomic mass is 10.2. The molecule has 0 spiro atoms. The van der Waals surface area contributed by atoms with Crippen molar-refractivity contribution in [2.24, 2.45) is 0 Å². The zero-order chi connectivity index (χ0) is 21.7. The van der Waals surface area contributed by atoms with E-state index >= 15 is 0 Å². The van der Waals surface area contributed by atoms with Crippen LogP contribution in [-0.2, 0) is 14.8 Å². The average molecular weight is 446 g/mol. The van der Waals surface area contributed by atoms with Crippen LogP contribution in [0.4, 0.5) is 10.8 Å². The van der Waals surface area contributed by atoms with E-state index in [9.17, 15) is 18.0 Å². The second-order valence-electron chi connectivity index (χ2n) is 6.10. The lowest BCUT2D eigenvalue weighted by Gasteiger charge is -2.08. The topological polar surface area (TPSA) is 114 Å². The fourth-order valence-corrected chi connectivity index (χ4v) is 4.44. The van der Waals surface area contributed by atoms with Gasteiger partial charge in [0, 0.05) is 11.3 Å². The van der Waals surface area contributed by atoms with Crippen molar-refractivity contribution in [3.63, 3.8) is 0 Å². The van der Waals surface area contributed by atoms with Gasteiger partial charge in [0.15, 0.2) is 5.13 Å². The Bertz CT molecular complexity index is 1160. The first-order chi connectivity index (χ1) is 14.3. The molecule has 0 fully saturated rings. The van der Waals surface area contributed by atoms with Crippen LogP contribution in [0.3, 0.4) is 0 Å². The first-order valence-corrected chi connectivity index (χ1v) is 11.2. The van der Waals surface area contributed by atoms with Gasteiger partial charge in [-0.25, -0.2) is 18.2 Å². The molecule has 2 aromatic carbocycles. The number of rotatable bonds is 7. The number of nitrogens with one attached hydrogen (secondary N) is 2. The Hall–Kier alpha value is -3.24. The molecule has 0 aliphatic carbocycles. The molecule has 10 heteroatoms. The number of hydrogen-bond donors (Lipinski definition) is 2. The van der Waals surface area contributed by atoms with Gasteiger partial charge in [-0.1, -0.05) is 29.5 Å². The number of amides is 1. The van der Waals surface area contributed by atoms with Gasteiger partial charge < -0.3 is 4.74 Å². The van der Waals surface area contributed by atoms with E-state index in [0.29, 0.717) is 21.8 Å². The predicted molar refractivity (Wildman–Crippen MR) is 114 cm³/mol. The van der Waals surface area contributed by atoms with E-state index in [2.05, 4.69) is 15.0 Å². The molecule has 0 aliphatic heterocycles. The number of nitrogens with zero attached hydrogens (tertiary/aromatic N) is 1. The van der Waals surface area contributed by atoms with E-state index in [1.807, 2.05) is 0 Å². The number of sulfonamides is 1. The SMILES string of the molecule is CCOC(=O)c1sc(NC(=O)c2ccc(NS(=O)(=O)c3ccccc3)cc2)nc1C. The summed E-state index contributed by atoms with van der Waals surface area (Å²) in [7, 11) is -3.71. The van der Waals surface area contributed by atoms with Gasteiger partial charge in [0.1, 0.15) is 4.88 Å². The third-order valence-corrected chi connectivity index (χ3v) is 6.38. The normalized spacial score (nSPS) is 11.0. The van der Waals surface area contributed by atoms with Crippen LogP contribution in [0.2, 0.25) is 0 Å². The summed E-state index contributed by atoms with van der Waals surface area (Å²) >= 11 is 1.03. The molecule has 0 atom stereocenters. The molecule has 2 N–H and O–H groups in total. The van der Waals surface area contributed by atoms with Gasteiger partial charge in [0.05, 0.1) is 17.2 Å². The fraction of sp³-hybridized carbons (Fsp3) is 0.150. The summed E-state index contributed by atoms with van der Waals surface area (Å²) < 4.78 is 32.1. The van der Waals surface area contributed by atoms with Crippen molar-refractivity contribution >= 4 is 44.1 Å². The summed E-state index contributed by atoms with van der Waals surface area (Å²) in [5, 5.41) is 2.90. The molecule has 8 nitrogen and oxygen atoms in total. The molecule has 1 amide bonds. The molecule has 156 valence electrons. The molecule has 0 unspecified atom stereocenters. The zero-order valence-corrected chi connectivity index (χ0v) is 17.8. The summed E-state index contributed by atoms with van der Waals surface area (Å²) in [6.07, 6.45) is 0. The van der Waals surface area contributed by atoms with Crippen LogP contribution < -0.4 is 10.0 Å². The maximum atomic E-state index is 12.4. The minimum absolute atomic E-state index is 0.142. The molecule has 3 rings (SSSR count). The number of ether oxygens (including phenoxy) is 1. The highest BCUT2D eigenvalue weighted by molar-refractivity contribution is 7.92. The summed E-state index contributed by atoms with van der Waals surface area (Å²) in [5.74, 6) is -0.917. The van der Waals surface area contributed by atoms with Crippen molar-refractivity contribution in [3.05, 3.63) is 70.7 Å². The van der Waals surface area contributed by atoms with E-state index in [0.717, 1.165) is 11.3 Å². The number of hydrogen-bond acceptors (Lipinski definition) is 7. The average Bonchev–Trinajstić information content (AvgIpc) is 3.09. The number of carbonyl (C=O) groups excluding carboxylic acids is 2. The molecule has 0 bridgehead atoms. The largest absolute Gasteiger partial charge is 0.462 e. The number of aryl methyl sites for hydroxylation is 1. The Morgan fingerprint density at radius 1 is 1.07 bits per heavy atom. The first kappa shape index (κ1) is 21.5. The molecular weight excluding hydrogens is 426 g/mol. The number of anilines is 2. The van der Waals surface area contributed by atoms with E-state index in [4.69, 9.17) is 4.74 Å². The molecule has 0 saturated heterocycles. The van der Waals surface area contributed by atoms with Gasteiger partial charge >= 0.3 is 5.97 Å². The van der Waals surface area contributed by atoms with Crippen LogP contribution in [0.25, 0.3) is 0 Å². The second kappa shape index (κ2) is 9.06. The number of thiazole rings is 1. The second-order valence-corrected chi connectivity index (χ2v) is 8.79. The van der Waals surface area contributed by atoms with Crippen molar-refractivity contribution in [2.75, 3.05) is 16.6 Å². The molecule has 1 heterocycles. The van der Waals surface area contributed by atoms with Crippen LogP contribution >= 0.6 is 11.3 Å². The molecule has 3 aromatic rings. The molecule has 0 radical (unpaired) electrons. The smallest absolute Gasteiger partial charge is 0.350 e. The quantitative estimate of drug-likeness (QED) is 0.536. The van der Waals surface area contributed by atoms with Crippen LogP contribution in [0.1, 0.15) is 32.6 Å². The molecule has 1 aromatic heterocycles. The monoisotopic (exact) mass is 445 g/mol. The Morgan fingerprint density at radius 3 is 2.37 bits per heavy atom. The van der Waals surface area contributed by atoms with Gasteiger partial charge in [-0.2, -0.15) is 0 Å². The number of aromatic nitrogens is 1. The number of esters is 1. The highest BCUT2D eigenvalue weighted by Gasteiger charge is 2.18. The van der Waals surface area contributed by atoms with Crippen molar-refractivity contribution in [1.82, 2.24) is 4.98 Å². The van der Waals surface area contributed by atoms with Gasteiger partial charge in [0.2, 0.25) is 0 Å². The molecule has 30 heavy (non-hydrogen) atoms. The summed E-state index contributed by atoms with van der Waals surface area (Å²) in [4.78, 5) is 29.0. The van der Waals surface area contributed by atoms with Crippen molar-refractivity contribution < 1.29 is 22.7 Å². The maximum Gasteiger partial charge on any atom is 0.350 e. The first-order valence-electron chi connectivity index (χ1n) is 8.94. The van der Waals surface area contributed by atoms with E-state index in [1.165, 1.54) is 36.4 Å². The minimum atomic E-state index is -3.71. The summed E-state index contributed by atoms with van der Waals surface area (Å²) in [6.45, 7) is 3.62. The Kier molecular flexibility index (Phi) is 6.48. The van der Waals surface area contributed by atoms with Crippen LogP contribution in [-0.4, -0.2) is 31.9 Å². The van der Waals surface area contributed by atoms with Crippen molar-refractivity contribution in [1.29, 1.82) is 0 Å². The highest BCUT2D eigenvalue weighted by Crippen LogP contribution is 2.24. The lowest BCUT2D eigenvalue weighted by molar-refractivity contribution is 0.0531. The molecular formula is C20H19N3O5S2. The Balaban J connectivity index is 1.69. The van der Waals surface area contributed by atoms with Gasteiger partial charge in [-0.05, 0) is 50.2 Å². The maximum absolute atomic E-state index is 12.4. The summed E-state index contributed by atoms with van der Waals surface area (Å²) in [5.41, 5.74) is 1.10. The van der Waals surface area contributed by atoms with Gasteiger partial charge in [0.25, 0.3) is 15.9 Å². The Morgan fingerprint density at radius 2 is 1.73 bits per heavy atom. The molecule has 0 aliphatic rings. The summed E-state index contributed by atoms with van der Waals surface area (Å²) in [6, 6.07) is 13.9. The third-order valence-electron chi connectivity index (χ3n) is 3.93. The predicted octanol–water partition coefficient (Wildman–Crippen LogP) is 3.68. The van der Waals surface area contributed by atoms with Gasteiger partial charge in [-0.3, -0.25) is 14.8 Å². The zero-order valence-electron chi connectivity index (χ0n) is 16.2. The van der Waals surface area contributed by atoms with E-state index < -0.39 is 21.9 Å². The number of carbonyl (C=O) groups is 2. The third kappa shape index (κ3) is 5.02. The fourth-order valence-electron chi connectivity index (χ4n) is 2.51. The number of benzene rings is 2.